The minimum Gasteiger partial charge on any atom is -0.491 e. The number of aliphatic hydroxyl groups is 1. The number of ether oxygens (including phenoxy) is 2. The van der Waals surface area contributed by atoms with Crippen LogP contribution in [-0.2, 0) is 41.6 Å². The fourth-order valence-corrected chi connectivity index (χ4v) is 5.80. The Hall–Kier alpha value is -4.49. The molecule has 13 heteroatoms. The summed E-state index contributed by atoms with van der Waals surface area (Å²) in [4.78, 5) is 67.0. The second-order valence-corrected chi connectivity index (χ2v) is 13.2. The van der Waals surface area contributed by atoms with Gasteiger partial charge in [0, 0.05) is 25.6 Å². The van der Waals surface area contributed by atoms with Crippen LogP contribution in [0.1, 0.15) is 51.7 Å². The van der Waals surface area contributed by atoms with Crippen LogP contribution in [0.3, 0.4) is 0 Å². The van der Waals surface area contributed by atoms with Crippen molar-refractivity contribution in [2.75, 3.05) is 19.8 Å². The fraction of sp³-hybridized carbons (Fsp3) is 0.528. The van der Waals surface area contributed by atoms with Crippen LogP contribution in [0.15, 0.2) is 54.6 Å². The number of rotatable bonds is 6. The van der Waals surface area contributed by atoms with Gasteiger partial charge in [0.25, 0.3) is 0 Å². The lowest BCUT2D eigenvalue weighted by molar-refractivity contribution is -0.137. The maximum atomic E-state index is 13.6. The van der Waals surface area contributed by atoms with Gasteiger partial charge >= 0.3 is 0 Å². The molecule has 3 aliphatic rings. The Morgan fingerprint density at radius 3 is 2.10 bits per heavy atom. The zero-order valence-electron chi connectivity index (χ0n) is 28.6. The van der Waals surface area contributed by atoms with Crippen LogP contribution < -0.4 is 31.3 Å². The number of carbonyl (C=O) groups excluding carboxylic acids is 5. The zero-order valence-corrected chi connectivity index (χ0v) is 28.6. The minimum absolute atomic E-state index is 0.120. The van der Waals surface area contributed by atoms with Crippen LogP contribution in [0, 0.1) is 11.8 Å². The van der Waals surface area contributed by atoms with Gasteiger partial charge < -0.3 is 41.2 Å². The lowest BCUT2D eigenvalue weighted by Gasteiger charge is -2.29. The van der Waals surface area contributed by atoms with E-state index < -0.39 is 59.9 Å². The number of hydrogen-bond acceptors (Lipinski definition) is 8. The molecule has 0 aliphatic carbocycles. The molecule has 6 N–H and O–H groups in total. The Kier molecular flexibility index (Phi) is 13.5. The van der Waals surface area contributed by atoms with Crippen molar-refractivity contribution < 1.29 is 38.6 Å². The van der Waals surface area contributed by atoms with Crippen molar-refractivity contribution in [2.45, 2.75) is 89.7 Å². The molecule has 49 heavy (non-hydrogen) atoms. The molecule has 1 fully saturated rings. The number of aliphatic hydroxyl groups excluding tert-OH is 1. The average Bonchev–Trinajstić information content (AvgIpc) is 3.08. The number of amides is 5. The third-order valence-corrected chi connectivity index (χ3v) is 8.77. The Morgan fingerprint density at radius 1 is 0.837 bits per heavy atom. The molecule has 6 atom stereocenters. The average molecular weight is 680 g/mol. The van der Waals surface area contributed by atoms with Gasteiger partial charge in [-0.2, -0.15) is 0 Å². The summed E-state index contributed by atoms with van der Waals surface area (Å²) in [6, 6.07) is 11.7. The highest BCUT2D eigenvalue weighted by Gasteiger charge is 2.34. The van der Waals surface area contributed by atoms with Crippen LogP contribution in [0.2, 0.25) is 0 Å². The van der Waals surface area contributed by atoms with Gasteiger partial charge in [0.15, 0.2) is 0 Å². The van der Waals surface area contributed by atoms with Gasteiger partial charge in [0.1, 0.15) is 36.5 Å². The molecule has 0 saturated carbocycles. The Morgan fingerprint density at radius 2 is 1.47 bits per heavy atom. The molecule has 266 valence electrons. The van der Waals surface area contributed by atoms with Crippen molar-refractivity contribution in [2.24, 2.45) is 11.8 Å². The second kappa shape index (κ2) is 17.8. The summed E-state index contributed by atoms with van der Waals surface area (Å²) >= 11 is 0. The predicted molar refractivity (Wildman–Crippen MR) is 181 cm³/mol. The van der Waals surface area contributed by atoms with Crippen molar-refractivity contribution in [1.82, 2.24) is 26.6 Å². The Labute approximate surface area is 287 Å². The summed E-state index contributed by atoms with van der Waals surface area (Å²) in [5.74, 6) is -2.90. The zero-order chi connectivity index (χ0) is 35.5. The highest BCUT2D eigenvalue weighted by Crippen LogP contribution is 2.18. The predicted octanol–water partition coefficient (Wildman–Crippen LogP) is 0.772. The van der Waals surface area contributed by atoms with E-state index in [1.807, 2.05) is 30.3 Å². The molecule has 1 saturated heterocycles. The Balaban J connectivity index is 1.63. The highest BCUT2D eigenvalue weighted by atomic mass is 16.5. The van der Waals surface area contributed by atoms with E-state index >= 15 is 0 Å². The van der Waals surface area contributed by atoms with Crippen LogP contribution in [-0.4, -0.2) is 90.8 Å². The molecule has 0 spiro atoms. The van der Waals surface area contributed by atoms with Gasteiger partial charge in [-0.1, -0.05) is 56.3 Å². The van der Waals surface area contributed by atoms with Gasteiger partial charge in [-0.3, -0.25) is 24.0 Å². The van der Waals surface area contributed by atoms with Gasteiger partial charge in [-0.25, -0.2) is 0 Å². The van der Waals surface area contributed by atoms with E-state index in [0.717, 1.165) is 11.1 Å². The van der Waals surface area contributed by atoms with Gasteiger partial charge in [0.05, 0.1) is 12.1 Å². The molecule has 2 bridgehead atoms. The molecule has 5 amide bonds. The SMILES string of the molecule is CC(C)[C@H]1NC(=O)[C@H]([C@@H](C)O)NC(=O)[C@@H](C)NC(=O)[C@@H](NC(=O)C2CCOCC2)Cc2ccc(cc2)OC[C@H](Cc2ccccc2)NC1=O. The van der Waals surface area contributed by atoms with E-state index in [2.05, 4.69) is 26.6 Å². The molecule has 2 aromatic rings. The van der Waals surface area contributed by atoms with E-state index in [-0.39, 0.29) is 30.8 Å². The van der Waals surface area contributed by atoms with Gasteiger partial charge in [-0.05, 0) is 62.3 Å². The van der Waals surface area contributed by atoms with Crippen molar-refractivity contribution in [3.63, 3.8) is 0 Å². The summed E-state index contributed by atoms with van der Waals surface area (Å²) in [5.41, 5.74) is 1.72. The molecule has 13 nitrogen and oxygen atoms in total. The van der Waals surface area contributed by atoms with Crippen LogP contribution in [0.5, 0.6) is 5.75 Å². The van der Waals surface area contributed by atoms with Gasteiger partial charge in [-0.15, -0.1) is 0 Å². The minimum atomic E-state index is -1.42. The molecular weight excluding hydrogens is 630 g/mol. The molecule has 5 rings (SSSR count). The van der Waals surface area contributed by atoms with Crippen LogP contribution in [0.25, 0.3) is 0 Å². The first kappa shape index (κ1) is 37.3. The molecule has 3 heterocycles. The van der Waals surface area contributed by atoms with Crippen molar-refractivity contribution in [1.29, 1.82) is 0 Å². The summed E-state index contributed by atoms with van der Waals surface area (Å²) in [7, 11) is 0. The summed E-state index contributed by atoms with van der Waals surface area (Å²) < 4.78 is 11.5. The lowest BCUT2D eigenvalue weighted by Crippen LogP contribution is -2.61. The fourth-order valence-electron chi connectivity index (χ4n) is 5.80. The molecule has 0 aromatic heterocycles. The topological polar surface area (TPSA) is 184 Å². The van der Waals surface area contributed by atoms with Crippen molar-refractivity contribution >= 4 is 29.5 Å². The van der Waals surface area contributed by atoms with E-state index in [1.54, 1.807) is 38.1 Å². The second-order valence-electron chi connectivity index (χ2n) is 13.2. The van der Waals surface area contributed by atoms with Crippen LogP contribution >= 0.6 is 0 Å². The van der Waals surface area contributed by atoms with Crippen LogP contribution in [0.4, 0.5) is 0 Å². The first-order valence-electron chi connectivity index (χ1n) is 16.9. The third-order valence-electron chi connectivity index (χ3n) is 8.77. The summed E-state index contributed by atoms with van der Waals surface area (Å²) in [5, 5.41) is 24.2. The van der Waals surface area contributed by atoms with E-state index in [1.165, 1.54) is 13.8 Å². The lowest BCUT2D eigenvalue weighted by atomic mass is 9.97. The largest absolute Gasteiger partial charge is 0.491 e. The Bertz CT molecular complexity index is 1430. The first-order valence-corrected chi connectivity index (χ1v) is 16.9. The smallest absolute Gasteiger partial charge is 0.245 e. The third kappa shape index (κ3) is 11.0. The maximum absolute atomic E-state index is 13.6. The summed E-state index contributed by atoms with van der Waals surface area (Å²) in [6.45, 7) is 7.37. The molecule has 3 aliphatic heterocycles. The standard InChI is InChI=1S/C36H49N5O8/c1-21(2)30-35(46)38-27(18-24-8-6-5-7-9-24)20-49-28-12-10-25(11-13-28)19-29(39-33(44)26-14-16-48-17-15-26)34(45)37-22(3)32(43)41-31(23(4)42)36(47)40-30/h5-13,21-23,26-27,29-31,42H,14-20H2,1-4H3,(H,37,45)(H,38,46)(H,39,44)(H,40,47)(H,41,43)/t22-,23-,27+,29+,30-,31+/m1/s1. The highest BCUT2D eigenvalue weighted by molar-refractivity contribution is 5.96. The maximum Gasteiger partial charge on any atom is 0.245 e. The number of benzene rings is 2. The van der Waals surface area contributed by atoms with Crippen molar-refractivity contribution in [3.8, 4) is 5.75 Å². The molecule has 2 aromatic carbocycles. The molecule has 0 radical (unpaired) electrons. The number of fused-ring (bicyclic) bond motifs is 17. The van der Waals surface area contributed by atoms with E-state index in [0.29, 0.717) is 38.2 Å². The quantitative estimate of drug-likeness (QED) is 0.242. The molecule has 0 unspecified atom stereocenters. The number of nitrogens with one attached hydrogen (secondary N) is 5. The molecular formula is C36H49N5O8. The van der Waals surface area contributed by atoms with Crippen molar-refractivity contribution in [3.05, 3.63) is 65.7 Å². The van der Waals surface area contributed by atoms with Gasteiger partial charge in [0.2, 0.25) is 29.5 Å². The number of hydrogen-bond donors (Lipinski definition) is 6. The van der Waals surface area contributed by atoms with E-state index in [9.17, 15) is 29.1 Å². The van der Waals surface area contributed by atoms with E-state index in [4.69, 9.17) is 9.47 Å². The monoisotopic (exact) mass is 679 g/mol. The first-order chi connectivity index (χ1) is 23.4. The summed E-state index contributed by atoms with van der Waals surface area (Å²) in [6.07, 6.45) is 0.345. The number of carbonyl (C=O) groups is 5. The normalized spacial score (nSPS) is 25.6.